The average Bonchev–Trinajstić information content (AvgIpc) is 2.94. The van der Waals surface area contributed by atoms with Gasteiger partial charge in [-0.1, -0.05) is 53.8 Å². The van der Waals surface area contributed by atoms with E-state index in [0.29, 0.717) is 20.5 Å². The predicted molar refractivity (Wildman–Crippen MR) is 113 cm³/mol. The summed E-state index contributed by atoms with van der Waals surface area (Å²) in [6.07, 6.45) is 1.65. The van der Waals surface area contributed by atoms with Crippen LogP contribution in [-0.4, -0.2) is 35.0 Å². The Morgan fingerprint density at radius 1 is 1.32 bits per heavy atom. The number of hydrogen-bond donors (Lipinski definition) is 1. The van der Waals surface area contributed by atoms with E-state index in [-0.39, 0.29) is 22.4 Å². The molecule has 0 radical (unpaired) electrons. The van der Waals surface area contributed by atoms with Crippen LogP contribution in [0.1, 0.15) is 5.56 Å². The van der Waals surface area contributed by atoms with Gasteiger partial charge in [-0.3, -0.25) is 9.69 Å². The molecule has 1 fully saturated rings. The van der Waals surface area contributed by atoms with E-state index in [1.54, 1.807) is 18.2 Å². The van der Waals surface area contributed by atoms with Gasteiger partial charge in [-0.15, -0.1) is 0 Å². The number of ether oxygens (including phenoxy) is 2. The number of rotatable bonds is 6. The van der Waals surface area contributed by atoms with Crippen molar-refractivity contribution in [3.63, 3.8) is 0 Å². The lowest BCUT2D eigenvalue weighted by Crippen LogP contribution is -2.27. The van der Waals surface area contributed by atoms with Crippen molar-refractivity contribution in [3.8, 4) is 11.5 Å². The number of carboxylic acids is 1. The Labute approximate surface area is 175 Å². The molecule has 2 aromatic rings. The number of thioether (sulfide) groups is 1. The number of thiocarbonyl (C=S) groups is 1. The molecule has 1 heterocycles. The van der Waals surface area contributed by atoms with E-state index in [1.165, 1.54) is 23.8 Å². The minimum Gasteiger partial charge on any atom is -0.493 e. The molecular formula is C19H14ClNO5S2. The highest BCUT2D eigenvalue weighted by Crippen LogP contribution is 2.40. The van der Waals surface area contributed by atoms with Crippen LogP contribution in [-0.2, 0) is 9.59 Å². The molecule has 3 rings (SSSR count). The molecule has 2 aromatic carbocycles. The number of hydrogen-bond acceptors (Lipinski definition) is 6. The first-order chi connectivity index (χ1) is 13.4. The Hall–Kier alpha value is -2.55. The van der Waals surface area contributed by atoms with Crippen LogP contribution in [0.4, 0.5) is 5.69 Å². The number of halogens is 1. The first kappa shape index (κ1) is 20.2. The van der Waals surface area contributed by atoms with Gasteiger partial charge in [-0.25, -0.2) is 4.79 Å². The summed E-state index contributed by atoms with van der Waals surface area (Å²) in [6.45, 7) is -0.550. The molecule has 1 amide bonds. The number of nitrogens with zero attached hydrogens (tertiary/aromatic N) is 1. The third-order valence-electron chi connectivity index (χ3n) is 3.70. The minimum absolute atomic E-state index is 0.126. The van der Waals surface area contributed by atoms with Crippen molar-refractivity contribution < 1.29 is 24.2 Å². The first-order valence-electron chi connectivity index (χ1n) is 7.96. The smallest absolute Gasteiger partial charge is 0.341 e. The average molecular weight is 436 g/mol. The lowest BCUT2D eigenvalue weighted by atomic mass is 10.1. The zero-order chi connectivity index (χ0) is 20.3. The molecule has 0 saturated carbocycles. The fraction of sp³-hybridized carbons (Fsp3) is 0.105. The summed E-state index contributed by atoms with van der Waals surface area (Å²) in [7, 11) is 1.41. The number of methoxy groups -OCH3 is 1. The summed E-state index contributed by atoms with van der Waals surface area (Å²) in [5, 5.41) is 8.94. The monoisotopic (exact) mass is 435 g/mol. The van der Waals surface area contributed by atoms with Gasteiger partial charge in [0.15, 0.2) is 22.4 Å². The maximum absolute atomic E-state index is 12.8. The Balaban J connectivity index is 1.91. The number of anilines is 1. The Morgan fingerprint density at radius 2 is 2.04 bits per heavy atom. The van der Waals surface area contributed by atoms with E-state index in [2.05, 4.69) is 0 Å². The summed E-state index contributed by atoms with van der Waals surface area (Å²) < 4.78 is 10.9. The van der Waals surface area contributed by atoms with Crippen LogP contribution in [0.25, 0.3) is 6.08 Å². The standard InChI is InChI=1S/C19H14ClNO5S2/c1-25-14-8-11(7-13(20)17(14)26-10-16(22)23)9-15-18(24)21(19(27)28-15)12-5-3-2-4-6-12/h2-9H,10H2,1H3,(H,22,23)/b15-9+. The summed E-state index contributed by atoms with van der Waals surface area (Å²) in [5.41, 5.74) is 1.29. The summed E-state index contributed by atoms with van der Waals surface area (Å²) >= 11 is 12.7. The second-order valence-electron chi connectivity index (χ2n) is 5.57. The zero-order valence-electron chi connectivity index (χ0n) is 14.5. The molecule has 0 atom stereocenters. The number of benzene rings is 2. The van der Waals surface area contributed by atoms with Crippen LogP contribution in [0.3, 0.4) is 0 Å². The SMILES string of the molecule is COc1cc(/C=C2/SC(=S)N(c3ccccc3)C2=O)cc(Cl)c1OCC(=O)O. The van der Waals surface area contributed by atoms with E-state index in [1.807, 2.05) is 30.3 Å². The van der Waals surface area contributed by atoms with Crippen molar-refractivity contribution in [1.29, 1.82) is 0 Å². The van der Waals surface area contributed by atoms with Crippen LogP contribution in [0, 0.1) is 0 Å². The van der Waals surface area contributed by atoms with Crippen LogP contribution in [0.15, 0.2) is 47.4 Å². The molecule has 0 bridgehead atoms. The third-order valence-corrected chi connectivity index (χ3v) is 5.28. The van der Waals surface area contributed by atoms with E-state index < -0.39 is 12.6 Å². The molecular weight excluding hydrogens is 422 g/mol. The van der Waals surface area contributed by atoms with Gasteiger partial charge in [-0.2, -0.15) is 0 Å². The third kappa shape index (κ3) is 4.30. The van der Waals surface area contributed by atoms with Gasteiger partial charge < -0.3 is 14.6 Å². The Kier molecular flexibility index (Phi) is 6.23. The molecule has 144 valence electrons. The Bertz CT molecular complexity index is 978. The molecule has 9 heteroatoms. The zero-order valence-corrected chi connectivity index (χ0v) is 16.9. The van der Waals surface area contributed by atoms with Crippen LogP contribution in [0.5, 0.6) is 11.5 Å². The quantitative estimate of drug-likeness (QED) is 0.537. The van der Waals surface area contributed by atoms with Gasteiger partial charge in [0.05, 0.1) is 22.7 Å². The number of carbonyl (C=O) groups excluding carboxylic acids is 1. The molecule has 0 spiro atoms. The first-order valence-corrected chi connectivity index (χ1v) is 9.56. The lowest BCUT2D eigenvalue weighted by Gasteiger charge is -2.14. The highest BCUT2D eigenvalue weighted by Gasteiger charge is 2.33. The number of aliphatic carboxylic acids is 1. The normalized spacial score (nSPS) is 15.2. The van der Waals surface area contributed by atoms with Crippen LogP contribution >= 0.6 is 35.6 Å². The number of para-hydroxylation sites is 1. The molecule has 1 saturated heterocycles. The summed E-state index contributed by atoms with van der Waals surface area (Å²) in [5.74, 6) is -0.978. The van der Waals surface area contributed by atoms with Crippen molar-refractivity contribution in [2.45, 2.75) is 0 Å². The van der Waals surface area contributed by atoms with Crippen LogP contribution in [0.2, 0.25) is 5.02 Å². The second-order valence-corrected chi connectivity index (χ2v) is 7.65. The summed E-state index contributed by atoms with van der Waals surface area (Å²) in [6, 6.07) is 12.3. The number of amides is 1. The van der Waals surface area contributed by atoms with Crippen LogP contribution < -0.4 is 14.4 Å². The number of carbonyl (C=O) groups is 2. The van der Waals surface area contributed by atoms with Crippen molar-refractivity contribution in [3.05, 3.63) is 58.0 Å². The maximum atomic E-state index is 12.8. The van der Waals surface area contributed by atoms with E-state index >= 15 is 0 Å². The predicted octanol–water partition coefficient (Wildman–Crippen LogP) is 4.22. The van der Waals surface area contributed by atoms with Gasteiger partial charge in [-0.05, 0) is 35.9 Å². The van der Waals surface area contributed by atoms with E-state index in [9.17, 15) is 9.59 Å². The van der Waals surface area contributed by atoms with Crippen molar-refractivity contribution in [2.75, 3.05) is 18.6 Å². The maximum Gasteiger partial charge on any atom is 0.341 e. The highest BCUT2D eigenvalue weighted by molar-refractivity contribution is 8.27. The van der Waals surface area contributed by atoms with Gasteiger partial charge in [0.25, 0.3) is 5.91 Å². The van der Waals surface area contributed by atoms with Gasteiger partial charge in [0.1, 0.15) is 0 Å². The fourth-order valence-corrected chi connectivity index (χ4v) is 4.09. The topological polar surface area (TPSA) is 76.1 Å². The Morgan fingerprint density at radius 3 is 2.68 bits per heavy atom. The molecule has 0 aliphatic carbocycles. The molecule has 0 aromatic heterocycles. The van der Waals surface area contributed by atoms with Crippen molar-refractivity contribution >= 4 is 63.5 Å². The fourth-order valence-electron chi connectivity index (χ4n) is 2.52. The van der Waals surface area contributed by atoms with E-state index in [4.69, 9.17) is 38.4 Å². The minimum atomic E-state index is -1.13. The highest BCUT2D eigenvalue weighted by atomic mass is 35.5. The molecule has 28 heavy (non-hydrogen) atoms. The molecule has 6 nitrogen and oxygen atoms in total. The van der Waals surface area contributed by atoms with Gasteiger partial charge in [0, 0.05) is 0 Å². The molecule has 0 unspecified atom stereocenters. The van der Waals surface area contributed by atoms with Crippen molar-refractivity contribution in [2.24, 2.45) is 0 Å². The lowest BCUT2D eigenvalue weighted by molar-refractivity contribution is -0.139. The largest absolute Gasteiger partial charge is 0.493 e. The molecule has 1 N–H and O–H groups in total. The molecule has 1 aliphatic rings. The second kappa shape index (κ2) is 8.64. The summed E-state index contributed by atoms with van der Waals surface area (Å²) in [4.78, 5) is 25.4. The van der Waals surface area contributed by atoms with Gasteiger partial charge in [0.2, 0.25) is 0 Å². The molecule has 1 aliphatic heterocycles. The van der Waals surface area contributed by atoms with Gasteiger partial charge >= 0.3 is 5.97 Å². The van der Waals surface area contributed by atoms with E-state index in [0.717, 1.165) is 0 Å². The number of carboxylic acid groups (broad SMARTS) is 1. The van der Waals surface area contributed by atoms with Crippen molar-refractivity contribution in [1.82, 2.24) is 0 Å².